The average Bonchev–Trinajstić information content (AvgIpc) is 3.15. The fourth-order valence-corrected chi connectivity index (χ4v) is 3.52. The Morgan fingerprint density at radius 1 is 1.64 bits per heavy atom. The molecule has 1 saturated heterocycles. The number of carbonyl (C=O) groups is 1. The Bertz CT molecular complexity index is 772. The number of nitrogens with zero attached hydrogens (tertiary/aromatic N) is 4. The van der Waals surface area contributed by atoms with E-state index in [9.17, 15) is 4.79 Å². The van der Waals surface area contributed by atoms with Gasteiger partial charge in [-0.05, 0) is 45.8 Å². The van der Waals surface area contributed by atoms with Crippen LogP contribution in [-0.2, 0) is 16.1 Å². The van der Waals surface area contributed by atoms with Crippen molar-refractivity contribution in [3.63, 3.8) is 0 Å². The lowest BCUT2D eigenvalue weighted by atomic mass is 9.99. The van der Waals surface area contributed by atoms with Crippen LogP contribution in [0.5, 0.6) is 0 Å². The highest BCUT2D eigenvalue weighted by molar-refractivity contribution is 9.10. The number of ether oxygens (including phenoxy) is 1. The third-order valence-corrected chi connectivity index (χ3v) is 5.04. The Kier molecular flexibility index (Phi) is 5.25. The first kappa shape index (κ1) is 17.7. The monoisotopic (exact) mass is 404 g/mol. The number of pyridine rings is 1. The molecule has 2 heterocycles. The molecule has 1 aromatic rings. The van der Waals surface area contributed by atoms with Gasteiger partial charge in [0.1, 0.15) is 17.0 Å². The van der Waals surface area contributed by atoms with Crippen molar-refractivity contribution < 1.29 is 9.53 Å². The molecule has 3 rings (SSSR count). The van der Waals surface area contributed by atoms with E-state index in [0.717, 1.165) is 12.0 Å². The molecule has 9 heteroatoms. The van der Waals surface area contributed by atoms with Crippen LogP contribution in [0.1, 0.15) is 18.4 Å². The van der Waals surface area contributed by atoms with Gasteiger partial charge >= 0.3 is 0 Å². The maximum atomic E-state index is 12.6. The summed E-state index contributed by atoms with van der Waals surface area (Å²) in [5.74, 6) is 2.69. The number of terminal acetylenes is 1. The van der Waals surface area contributed by atoms with Crippen LogP contribution in [0.15, 0.2) is 21.9 Å². The molecule has 8 nitrogen and oxygen atoms in total. The summed E-state index contributed by atoms with van der Waals surface area (Å²) in [5, 5.41) is 9.82. The Balaban J connectivity index is 1.64. The number of aromatic nitrogens is 1. The molecule has 0 radical (unpaired) electrons. The number of azide groups is 1. The highest BCUT2D eigenvalue weighted by Gasteiger charge is 2.60. The van der Waals surface area contributed by atoms with Gasteiger partial charge in [-0.15, -0.1) is 6.42 Å². The van der Waals surface area contributed by atoms with Gasteiger partial charge in [0.15, 0.2) is 0 Å². The number of piperidine rings is 1. The molecule has 0 aromatic carbocycles. The predicted octanol–water partition coefficient (Wildman–Crippen LogP) is 2.36. The zero-order valence-electron chi connectivity index (χ0n) is 13.4. The van der Waals surface area contributed by atoms with E-state index in [-0.39, 0.29) is 36.6 Å². The van der Waals surface area contributed by atoms with Gasteiger partial charge in [0.25, 0.3) is 0 Å². The van der Waals surface area contributed by atoms with Crippen molar-refractivity contribution in [1.29, 1.82) is 0 Å². The van der Waals surface area contributed by atoms with Crippen molar-refractivity contribution >= 4 is 27.7 Å². The van der Waals surface area contributed by atoms with Crippen molar-refractivity contribution in [2.45, 2.75) is 31.5 Å². The molecule has 0 spiro atoms. The van der Waals surface area contributed by atoms with Crippen LogP contribution in [0.25, 0.3) is 10.4 Å². The molecule has 1 aliphatic heterocycles. The number of hydrogen-bond acceptors (Lipinski definition) is 5. The number of halogens is 1. The van der Waals surface area contributed by atoms with Crippen LogP contribution < -0.4 is 10.6 Å². The number of amides is 1. The van der Waals surface area contributed by atoms with Crippen LogP contribution in [-0.4, -0.2) is 36.1 Å². The summed E-state index contributed by atoms with van der Waals surface area (Å²) in [6.45, 7) is 0.879. The van der Waals surface area contributed by atoms with Crippen molar-refractivity contribution in [3.8, 4) is 12.3 Å². The minimum absolute atomic E-state index is 0.0718. The van der Waals surface area contributed by atoms with Gasteiger partial charge in [0, 0.05) is 23.1 Å². The summed E-state index contributed by atoms with van der Waals surface area (Å²) in [7, 11) is 0. The summed E-state index contributed by atoms with van der Waals surface area (Å²) >= 11 is 3.31. The van der Waals surface area contributed by atoms with E-state index in [4.69, 9.17) is 16.7 Å². The first-order valence-electron chi connectivity index (χ1n) is 7.82. The molecule has 1 aromatic heterocycles. The molecule has 1 aliphatic carbocycles. The van der Waals surface area contributed by atoms with E-state index in [1.807, 2.05) is 6.07 Å². The molecule has 2 fully saturated rings. The molecule has 25 heavy (non-hydrogen) atoms. The number of hydrogen-bond donors (Lipinski definition) is 2. The zero-order chi connectivity index (χ0) is 17.9. The summed E-state index contributed by atoms with van der Waals surface area (Å²) in [6, 6.07) is 3.52. The minimum atomic E-state index is -0.326. The number of anilines is 1. The van der Waals surface area contributed by atoms with Gasteiger partial charge in [-0.1, -0.05) is 17.1 Å². The Morgan fingerprint density at radius 2 is 2.48 bits per heavy atom. The lowest BCUT2D eigenvalue weighted by Crippen LogP contribution is -2.38. The first-order valence-corrected chi connectivity index (χ1v) is 8.62. The lowest BCUT2D eigenvalue weighted by Gasteiger charge is -2.16. The predicted molar refractivity (Wildman–Crippen MR) is 95.4 cm³/mol. The van der Waals surface area contributed by atoms with E-state index >= 15 is 0 Å². The summed E-state index contributed by atoms with van der Waals surface area (Å²) < 4.78 is 5.95. The third kappa shape index (κ3) is 3.94. The van der Waals surface area contributed by atoms with Gasteiger partial charge in [0.05, 0.1) is 12.6 Å². The maximum Gasteiger partial charge on any atom is 0.242 e. The van der Waals surface area contributed by atoms with Gasteiger partial charge < -0.3 is 15.4 Å². The second-order valence-electron chi connectivity index (χ2n) is 6.26. The molecule has 0 bridgehead atoms. The third-order valence-electron chi connectivity index (χ3n) is 4.60. The van der Waals surface area contributed by atoms with Gasteiger partial charge in [-0.2, -0.15) is 0 Å². The average molecular weight is 405 g/mol. The molecule has 2 N–H and O–H groups in total. The van der Waals surface area contributed by atoms with Gasteiger partial charge in [-0.3, -0.25) is 4.79 Å². The number of carbonyl (C=O) groups excluding carboxylic acids is 1. The van der Waals surface area contributed by atoms with Crippen LogP contribution >= 0.6 is 15.9 Å². The molecular weight excluding hydrogens is 388 g/mol. The van der Waals surface area contributed by atoms with E-state index in [2.05, 4.69) is 47.5 Å². The van der Waals surface area contributed by atoms with Gasteiger partial charge in [-0.25, -0.2) is 4.98 Å². The second-order valence-corrected chi connectivity index (χ2v) is 7.07. The van der Waals surface area contributed by atoms with E-state index < -0.39 is 0 Å². The summed E-state index contributed by atoms with van der Waals surface area (Å²) in [5.41, 5.74) is 9.17. The Morgan fingerprint density at radius 3 is 3.24 bits per heavy atom. The molecule has 1 amide bonds. The number of nitrogens with one attached hydrogen (secondary N) is 2. The molecule has 1 saturated carbocycles. The molecule has 3 atom stereocenters. The van der Waals surface area contributed by atoms with Crippen molar-refractivity contribution in [1.82, 2.24) is 10.3 Å². The molecule has 130 valence electrons. The fourth-order valence-electron chi connectivity index (χ4n) is 3.21. The minimum Gasteiger partial charge on any atom is -0.364 e. The van der Waals surface area contributed by atoms with Crippen LogP contribution in [0.4, 0.5) is 5.82 Å². The van der Waals surface area contributed by atoms with Crippen molar-refractivity contribution in [3.05, 3.63) is 32.7 Å². The van der Waals surface area contributed by atoms with E-state index in [0.29, 0.717) is 23.4 Å². The standard InChI is InChI=1S/C16H17BrN6O2/c1-2-5-25-8-10-3-4-13(17)21-14(10)22-15(24)11-6-16(9-19-23-18)7-12(16)20-11/h1,3-4,11-12,20H,5-9H2,(H,21,22,24)/t11-,12+,16-/m0/s1. The molecule has 0 unspecified atom stereocenters. The normalized spacial score (nSPS) is 26.2. The first-order chi connectivity index (χ1) is 12.1. The van der Waals surface area contributed by atoms with E-state index in [1.54, 1.807) is 6.07 Å². The highest BCUT2D eigenvalue weighted by Crippen LogP contribution is 2.54. The van der Waals surface area contributed by atoms with Crippen molar-refractivity contribution in [2.24, 2.45) is 10.5 Å². The van der Waals surface area contributed by atoms with Crippen molar-refractivity contribution in [2.75, 3.05) is 18.5 Å². The van der Waals surface area contributed by atoms with Crippen LogP contribution in [0.2, 0.25) is 0 Å². The van der Waals surface area contributed by atoms with Gasteiger partial charge in [0.2, 0.25) is 5.91 Å². The SMILES string of the molecule is C#CCOCc1ccc(Br)nc1NC(=O)[C@@H]1C[C@@]2(CN=[N+]=[N-])C[C@H]2N1. The van der Waals surface area contributed by atoms with E-state index in [1.165, 1.54) is 0 Å². The maximum absolute atomic E-state index is 12.6. The Hall–Kier alpha value is -2.11. The largest absolute Gasteiger partial charge is 0.364 e. The van der Waals surface area contributed by atoms with Crippen LogP contribution in [0, 0.1) is 17.8 Å². The Labute approximate surface area is 153 Å². The highest BCUT2D eigenvalue weighted by atomic mass is 79.9. The quantitative estimate of drug-likeness (QED) is 0.181. The number of fused-ring (bicyclic) bond motifs is 1. The topological polar surface area (TPSA) is 112 Å². The lowest BCUT2D eigenvalue weighted by molar-refractivity contribution is -0.118. The fraction of sp³-hybridized carbons (Fsp3) is 0.500. The number of rotatable bonds is 7. The zero-order valence-corrected chi connectivity index (χ0v) is 15.0. The summed E-state index contributed by atoms with van der Waals surface area (Å²) in [6.07, 6.45) is 6.77. The van der Waals surface area contributed by atoms with Crippen LogP contribution in [0.3, 0.4) is 0 Å². The smallest absolute Gasteiger partial charge is 0.242 e. The molecule has 2 aliphatic rings. The second kappa shape index (κ2) is 7.42. The molecular formula is C16H17BrN6O2. The summed E-state index contributed by atoms with van der Waals surface area (Å²) in [4.78, 5) is 19.7.